The highest BCUT2D eigenvalue weighted by Crippen LogP contribution is 2.06. The maximum atomic E-state index is 10.7. The van der Waals surface area contributed by atoms with Crippen molar-refractivity contribution in [1.29, 1.82) is 0 Å². The lowest BCUT2D eigenvalue weighted by molar-refractivity contribution is 0.108. The zero-order valence-corrected chi connectivity index (χ0v) is 8.05. The number of carbonyl (C=O) groups is 1. The number of imidazole rings is 1. The van der Waals surface area contributed by atoms with Crippen LogP contribution in [0.1, 0.15) is 10.4 Å². The third-order valence-electron chi connectivity index (χ3n) is 1.62. The van der Waals surface area contributed by atoms with Gasteiger partial charge in [0, 0.05) is 18.6 Å². The predicted molar refractivity (Wildman–Crippen MR) is 52.6 cm³/mol. The number of rotatable bonds is 1. The van der Waals surface area contributed by atoms with Crippen molar-refractivity contribution < 1.29 is 4.79 Å². The Bertz CT molecular complexity index is 438. The van der Waals surface area contributed by atoms with Crippen LogP contribution in [0.15, 0.2) is 30.7 Å². The molecule has 0 atom stereocenters. The van der Waals surface area contributed by atoms with Gasteiger partial charge in [-0.05, 0) is 23.7 Å². The molecule has 0 radical (unpaired) electrons. The monoisotopic (exact) mass is 216 g/mol. The predicted octanol–water partition coefficient (Wildman–Crippen LogP) is 2.14. The van der Waals surface area contributed by atoms with Crippen LogP contribution >= 0.6 is 24.0 Å². The molecule has 13 heavy (non-hydrogen) atoms. The molecule has 0 amide bonds. The first kappa shape index (κ1) is 10.0. The van der Waals surface area contributed by atoms with Crippen molar-refractivity contribution in [3.63, 3.8) is 0 Å². The summed E-state index contributed by atoms with van der Waals surface area (Å²) in [5.74, 6) is 0. The van der Waals surface area contributed by atoms with Gasteiger partial charge in [-0.2, -0.15) is 0 Å². The third kappa shape index (κ3) is 1.82. The molecule has 0 aliphatic rings. The summed E-state index contributed by atoms with van der Waals surface area (Å²) in [4.78, 5) is 14.8. The Hall–Kier alpha value is -1.06. The highest BCUT2D eigenvalue weighted by molar-refractivity contribution is 6.67. The number of carbonyl (C=O) groups excluding carboxylic acids is 1. The standard InChI is InChI=1S/C8H5ClN2O.ClH/c9-8(12)6-1-2-7-10-3-4-11(7)5-6;/h1-5H;1H. The Kier molecular flexibility index (Phi) is 2.90. The molecule has 0 aliphatic carbocycles. The Balaban J connectivity index is 0.000000845. The van der Waals surface area contributed by atoms with Crippen molar-refractivity contribution in [1.82, 2.24) is 9.38 Å². The van der Waals surface area contributed by atoms with E-state index in [-0.39, 0.29) is 12.4 Å². The maximum absolute atomic E-state index is 10.7. The zero-order valence-electron chi connectivity index (χ0n) is 6.48. The summed E-state index contributed by atoms with van der Waals surface area (Å²) in [7, 11) is 0. The van der Waals surface area contributed by atoms with Gasteiger partial charge in [-0.25, -0.2) is 4.98 Å². The maximum Gasteiger partial charge on any atom is 0.253 e. The van der Waals surface area contributed by atoms with Crippen molar-refractivity contribution in [3.05, 3.63) is 36.3 Å². The molecule has 2 aromatic heterocycles. The van der Waals surface area contributed by atoms with E-state index in [0.29, 0.717) is 5.56 Å². The van der Waals surface area contributed by atoms with Crippen LogP contribution in [0.5, 0.6) is 0 Å². The summed E-state index contributed by atoms with van der Waals surface area (Å²) >= 11 is 5.30. The van der Waals surface area contributed by atoms with Crippen LogP contribution in [0, 0.1) is 0 Å². The largest absolute Gasteiger partial charge is 0.306 e. The first-order valence-corrected chi connectivity index (χ1v) is 3.78. The van der Waals surface area contributed by atoms with E-state index in [1.807, 2.05) is 0 Å². The molecule has 0 aliphatic heterocycles. The van der Waals surface area contributed by atoms with Crippen LogP contribution in [-0.4, -0.2) is 14.6 Å². The number of pyridine rings is 1. The summed E-state index contributed by atoms with van der Waals surface area (Å²) in [5, 5.41) is -0.453. The topological polar surface area (TPSA) is 34.4 Å². The molecule has 0 fully saturated rings. The lowest BCUT2D eigenvalue weighted by Crippen LogP contribution is -1.92. The van der Waals surface area contributed by atoms with E-state index in [1.165, 1.54) is 0 Å². The number of hydrogen-bond acceptors (Lipinski definition) is 2. The fourth-order valence-electron chi connectivity index (χ4n) is 1.04. The Morgan fingerprint density at radius 1 is 1.46 bits per heavy atom. The number of nitrogens with zero attached hydrogens (tertiary/aromatic N) is 2. The van der Waals surface area contributed by atoms with Gasteiger partial charge in [0.05, 0.1) is 5.56 Å². The minimum Gasteiger partial charge on any atom is -0.306 e. The molecule has 0 spiro atoms. The first-order valence-electron chi connectivity index (χ1n) is 3.40. The van der Waals surface area contributed by atoms with Gasteiger partial charge < -0.3 is 4.40 Å². The molecule has 2 aromatic rings. The zero-order chi connectivity index (χ0) is 8.55. The van der Waals surface area contributed by atoms with Gasteiger partial charge in [0.25, 0.3) is 5.24 Å². The lowest BCUT2D eigenvalue weighted by Gasteiger charge is -1.94. The number of fused-ring (bicyclic) bond motifs is 1. The SMILES string of the molecule is Cl.O=C(Cl)c1ccc2nccn2c1. The van der Waals surface area contributed by atoms with Crippen LogP contribution in [0.3, 0.4) is 0 Å². The second kappa shape index (κ2) is 3.77. The molecular weight excluding hydrogens is 211 g/mol. The van der Waals surface area contributed by atoms with E-state index in [9.17, 15) is 4.79 Å². The van der Waals surface area contributed by atoms with Crippen molar-refractivity contribution >= 4 is 34.9 Å². The van der Waals surface area contributed by atoms with E-state index in [0.717, 1.165) is 5.65 Å². The summed E-state index contributed by atoms with van der Waals surface area (Å²) in [6, 6.07) is 3.40. The number of halogens is 2. The van der Waals surface area contributed by atoms with Crippen molar-refractivity contribution in [2.24, 2.45) is 0 Å². The van der Waals surface area contributed by atoms with Crippen LogP contribution in [0.25, 0.3) is 5.65 Å². The molecule has 3 nitrogen and oxygen atoms in total. The van der Waals surface area contributed by atoms with Gasteiger partial charge in [-0.1, -0.05) is 0 Å². The quantitative estimate of drug-likeness (QED) is 0.685. The molecule has 2 rings (SSSR count). The van der Waals surface area contributed by atoms with Gasteiger partial charge in [0.2, 0.25) is 0 Å². The average molecular weight is 217 g/mol. The van der Waals surface area contributed by atoms with Gasteiger partial charge in [0.1, 0.15) is 5.65 Å². The molecule has 2 heterocycles. The summed E-state index contributed by atoms with van der Waals surface area (Å²) < 4.78 is 1.75. The van der Waals surface area contributed by atoms with Crippen molar-refractivity contribution in [3.8, 4) is 0 Å². The number of hydrogen-bond donors (Lipinski definition) is 0. The molecule has 68 valence electrons. The van der Waals surface area contributed by atoms with Gasteiger partial charge >= 0.3 is 0 Å². The molecular formula is C8H6Cl2N2O. The van der Waals surface area contributed by atoms with Gasteiger partial charge in [-0.15, -0.1) is 12.4 Å². The normalized spacial score (nSPS) is 9.62. The second-order valence-electron chi connectivity index (χ2n) is 2.38. The lowest BCUT2D eigenvalue weighted by atomic mass is 10.3. The molecule has 0 N–H and O–H groups in total. The van der Waals surface area contributed by atoms with Crippen molar-refractivity contribution in [2.75, 3.05) is 0 Å². The highest BCUT2D eigenvalue weighted by Gasteiger charge is 2.01. The van der Waals surface area contributed by atoms with E-state index in [2.05, 4.69) is 4.98 Å². The third-order valence-corrected chi connectivity index (χ3v) is 1.83. The average Bonchev–Trinajstić information content (AvgIpc) is 2.49. The molecule has 0 bridgehead atoms. The van der Waals surface area contributed by atoms with E-state index in [1.54, 1.807) is 35.1 Å². The minimum absolute atomic E-state index is 0. The van der Waals surface area contributed by atoms with Crippen LogP contribution in [0.2, 0.25) is 0 Å². The van der Waals surface area contributed by atoms with E-state index in [4.69, 9.17) is 11.6 Å². The molecule has 0 aromatic carbocycles. The fraction of sp³-hybridized carbons (Fsp3) is 0. The molecule has 0 unspecified atom stereocenters. The molecule has 5 heteroatoms. The summed E-state index contributed by atoms with van der Waals surface area (Å²) in [5.41, 5.74) is 1.28. The van der Waals surface area contributed by atoms with E-state index >= 15 is 0 Å². The van der Waals surface area contributed by atoms with Crippen LogP contribution in [0.4, 0.5) is 0 Å². The number of aromatic nitrogens is 2. The van der Waals surface area contributed by atoms with E-state index < -0.39 is 5.24 Å². The van der Waals surface area contributed by atoms with Gasteiger partial charge in [0.15, 0.2) is 0 Å². The summed E-state index contributed by atoms with van der Waals surface area (Å²) in [6.07, 6.45) is 5.08. The summed E-state index contributed by atoms with van der Waals surface area (Å²) in [6.45, 7) is 0. The van der Waals surface area contributed by atoms with Crippen LogP contribution in [-0.2, 0) is 0 Å². The molecule has 0 saturated carbocycles. The highest BCUT2D eigenvalue weighted by atomic mass is 35.5. The Morgan fingerprint density at radius 2 is 2.23 bits per heavy atom. The Labute approximate surface area is 85.8 Å². The van der Waals surface area contributed by atoms with Gasteiger partial charge in [-0.3, -0.25) is 4.79 Å². The minimum atomic E-state index is -0.453. The van der Waals surface area contributed by atoms with Crippen LogP contribution < -0.4 is 0 Å². The first-order chi connectivity index (χ1) is 5.77. The second-order valence-corrected chi connectivity index (χ2v) is 2.73. The smallest absolute Gasteiger partial charge is 0.253 e. The Morgan fingerprint density at radius 3 is 2.92 bits per heavy atom. The fourth-order valence-corrected chi connectivity index (χ4v) is 1.15. The molecule has 0 saturated heterocycles. The van der Waals surface area contributed by atoms with Crippen molar-refractivity contribution in [2.45, 2.75) is 0 Å².